The molecule has 6 nitrogen and oxygen atoms in total. The van der Waals surface area contributed by atoms with Crippen molar-refractivity contribution >= 4 is 56.3 Å². The highest BCUT2D eigenvalue weighted by atomic mass is 79.9. The predicted molar refractivity (Wildman–Crippen MR) is 144 cm³/mol. The van der Waals surface area contributed by atoms with Gasteiger partial charge in [0.05, 0.1) is 32.7 Å². The van der Waals surface area contributed by atoms with Gasteiger partial charge in [0, 0.05) is 10.6 Å². The zero-order valence-corrected chi connectivity index (χ0v) is 22.0. The van der Waals surface area contributed by atoms with Crippen LogP contribution in [0.1, 0.15) is 23.4 Å². The Hall–Kier alpha value is -3.27. The number of thiophene rings is 1. The fraction of sp³-hybridized carbons (Fsp3) is 0.115. The van der Waals surface area contributed by atoms with Gasteiger partial charge in [-0.25, -0.2) is 4.99 Å². The zero-order chi connectivity index (χ0) is 24.5. The summed E-state index contributed by atoms with van der Waals surface area (Å²) in [6.07, 6.45) is 1.87. The van der Waals surface area contributed by atoms with Gasteiger partial charge in [-0.1, -0.05) is 41.7 Å². The summed E-state index contributed by atoms with van der Waals surface area (Å²) >= 11 is 6.34. The number of para-hydroxylation sites is 1. The molecule has 2 aromatic heterocycles. The lowest BCUT2D eigenvalue weighted by atomic mass is 9.95. The van der Waals surface area contributed by atoms with Gasteiger partial charge in [0.2, 0.25) is 0 Å². The number of nitrogens with one attached hydrogen (secondary N) is 1. The Morgan fingerprint density at radius 1 is 1.09 bits per heavy atom. The van der Waals surface area contributed by atoms with E-state index in [2.05, 4.69) is 26.2 Å². The Kier molecular flexibility index (Phi) is 6.55. The lowest BCUT2D eigenvalue weighted by Gasteiger charge is -2.25. The van der Waals surface area contributed by atoms with Crippen molar-refractivity contribution in [2.75, 3.05) is 12.4 Å². The molecule has 176 valence electrons. The Balaban J connectivity index is 1.67. The molecule has 0 saturated carbocycles. The third-order valence-corrected chi connectivity index (χ3v) is 8.15. The predicted octanol–water partition coefficient (Wildman–Crippen LogP) is 4.71. The van der Waals surface area contributed by atoms with E-state index in [1.165, 1.54) is 11.3 Å². The Morgan fingerprint density at radius 3 is 2.49 bits per heavy atom. The van der Waals surface area contributed by atoms with Crippen LogP contribution >= 0.6 is 38.6 Å². The van der Waals surface area contributed by atoms with Gasteiger partial charge < -0.3 is 10.1 Å². The monoisotopic (exact) mass is 565 g/mol. The summed E-state index contributed by atoms with van der Waals surface area (Å²) in [5.41, 5.74) is 2.29. The first-order chi connectivity index (χ1) is 16.9. The van der Waals surface area contributed by atoms with E-state index in [0.29, 0.717) is 32.0 Å². The van der Waals surface area contributed by atoms with E-state index in [1.54, 1.807) is 23.0 Å². The van der Waals surface area contributed by atoms with E-state index in [-0.39, 0.29) is 11.5 Å². The molecule has 5 rings (SSSR count). The first kappa shape index (κ1) is 23.5. The highest BCUT2D eigenvalue weighted by molar-refractivity contribution is 9.11. The quantitative estimate of drug-likeness (QED) is 0.381. The molecule has 1 atom stereocenters. The van der Waals surface area contributed by atoms with Crippen LogP contribution in [0.5, 0.6) is 5.75 Å². The molecule has 1 aliphatic heterocycles. The summed E-state index contributed by atoms with van der Waals surface area (Å²) in [7, 11) is 1.60. The van der Waals surface area contributed by atoms with Crippen molar-refractivity contribution in [3.05, 3.63) is 112 Å². The highest BCUT2D eigenvalue weighted by Gasteiger charge is 2.32. The number of halogens is 1. The largest absolute Gasteiger partial charge is 0.497 e. The van der Waals surface area contributed by atoms with Crippen LogP contribution in [0.3, 0.4) is 0 Å². The maximum Gasteiger partial charge on any atom is 0.271 e. The molecule has 0 radical (unpaired) electrons. The van der Waals surface area contributed by atoms with E-state index in [9.17, 15) is 9.59 Å². The van der Waals surface area contributed by atoms with E-state index in [4.69, 9.17) is 4.74 Å². The van der Waals surface area contributed by atoms with Gasteiger partial charge in [-0.15, -0.1) is 11.3 Å². The van der Waals surface area contributed by atoms with Crippen molar-refractivity contribution in [2.45, 2.75) is 13.0 Å². The Morgan fingerprint density at radius 2 is 1.83 bits per heavy atom. The number of thiazole rings is 1. The number of hydrogen-bond donors (Lipinski definition) is 1. The number of ether oxygens (including phenoxy) is 1. The second kappa shape index (κ2) is 9.77. The lowest BCUT2D eigenvalue weighted by Crippen LogP contribution is -2.40. The van der Waals surface area contributed by atoms with Crippen LogP contribution in [0.2, 0.25) is 0 Å². The fourth-order valence-electron chi connectivity index (χ4n) is 3.97. The molecule has 0 bridgehead atoms. The summed E-state index contributed by atoms with van der Waals surface area (Å²) in [5.74, 6) is 0.398. The van der Waals surface area contributed by atoms with Crippen LogP contribution < -0.4 is 24.9 Å². The van der Waals surface area contributed by atoms with E-state index in [1.807, 2.05) is 79.7 Å². The number of aromatic nitrogens is 1. The minimum absolute atomic E-state index is 0.184. The zero-order valence-electron chi connectivity index (χ0n) is 18.8. The number of hydrogen-bond acceptors (Lipinski definition) is 6. The first-order valence-electron chi connectivity index (χ1n) is 10.7. The number of amides is 1. The van der Waals surface area contributed by atoms with Crippen molar-refractivity contribution < 1.29 is 9.53 Å². The average Bonchev–Trinajstić information content (AvgIpc) is 3.41. The molecule has 0 spiro atoms. The number of carbonyl (C=O) groups is 1. The van der Waals surface area contributed by atoms with Gasteiger partial charge in [-0.3, -0.25) is 14.2 Å². The number of fused-ring (bicyclic) bond motifs is 1. The molecule has 2 aromatic carbocycles. The minimum Gasteiger partial charge on any atom is -0.497 e. The highest BCUT2D eigenvalue weighted by Crippen LogP contribution is 2.32. The molecule has 1 N–H and O–H groups in total. The van der Waals surface area contributed by atoms with E-state index >= 15 is 0 Å². The number of nitrogens with zero attached hydrogens (tertiary/aromatic N) is 2. The number of methoxy groups -OCH3 is 1. The van der Waals surface area contributed by atoms with Crippen molar-refractivity contribution in [3.63, 3.8) is 0 Å². The molecule has 0 fully saturated rings. The molecular formula is C26H20BrN3O3S2. The van der Waals surface area contributed by atoms with E-state index in [0.717, 1.165) is 14.2 Å². The fourth-order valence-corrected chi connectivity index (χ4v) is 6.45. The summed E-state index contributed by atoms with van der Waals surface area (Å²) in [5, 5.41) is 2.96. The maximum atomic E-state index is 13.7. The third kappa shape index (κ3) is 4.67. The van der Waals surface area contributed by atoms with Gasteiger partial charge in [0.1, 0.15) is 5.75 Å². The molecule has 35 heavy (non-hydrogen) atoms. The Labute approximate surface area is 217 Å². The molecule has 0 unspecified atom stereocenters. The minimum atomic E-state index is -0.627. The molecule has 0 aliphatic carbocycles. The summed E-state index contributed by atoms with van der Waals surface area (Å²) in [6.45, 7) is 1.81. The normalized spacial score (nSPS) is 15.5. The van der Waals surface area contributed by atoms with Crippen molar-refractivity contribution in [1.29, 1.82) is 0 Å². The molecule has 0 saturated heterocycles. The van der Waals surface area contributed by atoms with Crippen LogP contribution in [0.4, 0.5) is 5.69 Å². The number of carbonyl (C=O) groups excluding carboxylic acids is 1. The molecular weight excluding hydrogens is 546 g/mol. The summed E-state index contributed by atoms with van der Waals surface area (Å²) in [6, 6.07) is 19.9. The van der Waals surface area contributed by atoms with Gasteiger partial charge in [-0.05, 0) is 70.9 Å². The first-order valence-corrected chi connectivity index (χ1v) is 13.2. The topological polar surface area (TPSA) is 72.7 Å². The smallest absolute Gasteiger partial charge is 0.271 e. The third-order valence-electron chi connectivity index (χ3n) is 5.60. The van der Waals surface area contributed by atoms with Crippen molar-refractivity contribution in [3.8, 4) is 5.75 Å². The molecule has 1 amide bonds. The summed E-state index contributed by atoms with van der Waals surface area (Å²) in [4.78, 5) is 33.4. The SMILES string of the molecule is COc1ccc([C@@H]2C(C(=O)Nc3ccccc3)=C(C)N=c3sc(=Cc4ccc(Br)s4)c(=O)n32)cc1. The maximum absolute atomic E-state index is 13.7. The number of rotatable bonds is 5. The van der Waals surface area contributed by atoms with Gasteiger partial charge in [-0.2, -0.15) is 0 Å². The molecule has 3 heterocycles. The molecule has 1 aliphatic rings. The van der Waals surface area contributed by atoms with Gasteiger partial charge in [0.15, 0.2) is 4.80 Å². The Bertz CT molecular complexity index is 1620. The number of anilines is 1. The second-order valence-corrected chi connectivity index (χ2v) is 11.3. The number of allylic oxidation sites excluding steroid dienone is 1. The second-order valence-electron chi connectivity index (χ2n) is 7.82. The number of benzene rings is 2. The average molecular weight is 567 g/mol. The summed E-state index contributed by atoms with van der Waals surface area (Å²) < 4.78 is 8.48. The van der Waals surface area contributed by atoms with Crippen molar-refractivity contribution in [1.82, 2.24) is 4.57 Å². The van der Waals surface area contributed by atoms with E-state index < -0.39 is 6.04 Å². The van der Waals surface area contributed by atoms with Gasteiger partial charge in [0.25, 0.3) is 11.5 Å². The molecule has 4 aromatic rings. The van der Waals surface area contributed by atoms with Crippen LogP contribution in [0, 0.1) is 0 Å². The van der Waals surface area contributed by atoms with Gasteiger partial charge >= 0.3 is 0 Å². The van der Waals surface area contributed by atoms with Crippen LogP contribution in [-0.4, -0.2) is 17.6 Å². The molecule has 9 heteroatoms. The van der Waals surface area contributed by atoms with Crippen LogP contribution in [0.25, 0.3) is 6.08 Å². The van der Waals surface area contributed by atoms with Crippen molar-refractivity contribution in [2.24, 2.45) is 4.99 Å². The van der Waals surface area contributed by atoms with Crippen LogP contribution in [0.15, 0.2) is 91.6 Å². The van der Waals surface area contributed by atoms with Crippen LogP contribution in [-0.2, 0) is 4.79 Å². The standard InChI is InChI=1S/C26H20BrN3O3S2/c1-15-22(24(31)29-17-6-4-3-5-7-17)23(16-8-10-18(33-2)11-9-16)30-25(32)20(35-26(30)28-15)14-19-12-13-21(27)34-19/h3-14,23H,1-2H3,(H,29,31)/t23-/m1/s1. The lowest BCUT2D eigenvalue weighted by molar-refractivity contribution is -0.113.